The fraction of sp³-hybridized carbons (Fsp3) is 0. The van der Waals surface area contributed by atoms with Crippen molar-refractivity contribution in [1.82, 2.24) is 0 Å². The second-order valence-electron chi connectivity index (χ2n) is 0.894. The molecule has 0 atom stereocenters. The van der Waals surface area contributed by atoms with Crippen molar-refractivity contribution in [2.75, 3.05) is 0 Å². The average molecular weight is 365 g/mol. The van der Waals surface area contributed by atoms with Gasteiger partial charge in [-0.3, -0.25) is 0 Å². The van der Waals surface area contributed by atoms with Gasteiger partial charge in [0.25, 0.3) is 0 Å². The van der Waals surface area contributed by atoms with Crippen molar-refractivity contribution < 1.29 is 53.3 Å². The molecule has 0 aromatic rings. The Labute approximate surface area is 115 Å². The second-order valence-corrected chi connectivity index (χ2v) is 0.894. The molecule has 0 spiro atoms. The van der Waals surface area contributed by atoms with Gasteiger partial charge in [-0.2, -0.15) is 0 Å². The van der Waals surface area contributed by atoms with Crippen LogP contribution in [0.2, 0.25) is 0 Å². The Hall–Kier alpha value is -2.21. The molecule has 0 rings (SSSR count). The third kappa shape index (κ3) is 460. The Morgan fingerprint density at radius 2 is 0.389 bits per heavy atom. The average Bonchev–Trinajstić information content (AvgIpc) is 1.76. The molecule has 0 aromatic heterocycles. The third-order valence-corrected chi connectivity index (χ3v) is 0. The van der Waals surface area contributed by atoms with E-state index in [1.165, 1.54) is 0 Å². The zero-order valence-corrected chi connectivity index (χ0v) is 9.30. The van der Waals surface area contributed by atoms with Crippen molar-refractivity contribution in [2.24, 2.45) is 0 Å². The molecular formula is N4Ni2O12. The zero-order chi connectivity index (χ0) is 14.3. The van der Waals surface area contributed by atoms with Crippen molar-refractivity contribution in [3.63, 3.8) is 0 Å². The van der Waals surface area contributed by atoms with Gasteiger partial charge < -0.3 is 61.3 Å². The zero-order valence-electron chi connectivity index (χ0n) is 7.32. The van der Waals surface area contributed by atoms with Gasteiger partial charge in [-0.1, -0.05) is 0 Å². The molecule has 0 N–H and O–H groups in total. The van der Waals surface area contributed by atoms with Crippen LogP contribution < -0.4 is 0 Å². The summed E-state index contributed by atoms with van der Waals surface area (Å²) in [5, 5.41) is 59.0. The fourth-order valence-corrected chi connectivity index (χ4v) is 0. The monoisotopic (exact) mass is 364 g/mol. The molecule has 0 heterocycles. The first-order valence-corrected chi connectivity index (χ1v) is 2.19. The first kappa shape index (κ1) is 36.0. The largest absolute Gasteiger partial charge is 2.00 e. The van der Waals surface area contributed by atoms with Crippen LogP contribution in [-0.4, -0.2) is 20.3 Å². The molecule has 16 nitrogen and oxygen atoms in total. The van der Waals surface area contributed by atoms with Crippen LogP contribution in [0.25, 0.3) is 0 Å². The minimum Gasteiger partial charge on any atom is -0.356 e. The Morgan fingerprint density at radius 3 is 0.389 bits per heavy atom. The Balaban J connectivity index is -0.0000000257. The smallest absolute Gasteiger partial charge is 0.356 e. The molecule has 0 unspecified atom stereocenters. The molecule has 0 saturated heterocycles. The molecule has 0 saturated carbocycles. The standard InChI is InChI=1S/4NO3.2Ni/c4*2-1(3)4;;/q4*-1;2*+2. The summed E-state index contributed by atoms with van der Waals surface area (Å²) in [6.07, 6.45) is 0. The maximum Gasteiger partial charge on any atom is 2.00 e. The summed E-state index contributed by atoms with van der Waals surface area (Å²) in [7, 11) is 0. The molecule has 112 valence electrons. The van der Waals surface area contributed by atoms with Gasteiger partial charge in [-0.15, -0.1) is 0 Å². The summed E-state index contributed by atoms with van der Waals surface area (Å²) in [5.41, 5.74) is 0. The van der Waals surface area contributed by atoms with Crippen LogP contribution in [0.15, 0.2) is 0 Å². The van der Waals surface area contributed by atoms with E-state index in [-0.39, 0.29) is 33.0 Å². The van der Waals surface area contributed by atoms with Gasteiger partial charge in [-0.25, -0.2) is 0 Å². The van der Waals surface area contributed by atoms with E-state index >= 15 is 0 Å². The first-order valence-electron chi connectivity index (χ1n) is 2.19. The molecule has 0 fully saturated rings. The van der Waals surface area contributed by atoms with Crippen LogP contribution in [0, 0.1) is 61.3 Å². The maximum absolute atomic E-state index is 8.25. The van der Waals surface area contributed by atoms with E-state index < -0.39 is 20.3 Å². The summed E-state index contributed by atoms with van der Waals surface area (Å²) in [6, 6.07) is 0. The second kappa shape index (κ2) is 29.3. The summed E-state index contributed by atoms with van der Waals surface area (Å²) < 4.78 is 0. The van der Waals surface area contributed by atoms with Crippen LogP contribution in [0.3, 0.4) is 0 Å². The first-order chi connectivity index (χ1) is 6.93. The molecule has 0 aliphatic carbocycles. The molecule has 0 aliphatic heterocycles. The third-order valence-electron chi connectivity index (χ3n) is 0. The molecular weight excluding hydrogens is 365 g/mol. The van der Waals surface area contributed by atoms with Gasteiger partial charge in [-0.05, 0) is 0 Å². The molecule has 0 bridgehead atoms. The topological polar surface area (TPSA) is 265 Å². The molecule has 0 aromatic carbocycles. The van der Waals surface area contributed by atoms with Crippen LogP contribution in [0.5, 0.6) is 0 Å². The van der Waals surface area contributed by atoms with Crippen LogP contribution in [-0.2, 0) is 33.0 Å². The predicted molar refractivity (Wildman–Crippen MR) is 41.4 cm³/mol. The van der Waals surface area contributed by atoms with Gasteiger partial charge in [0.1, 0.15) is 0 Å². The Kier molecular flexibility index (Phi) is 58.8. The van der Waals surface area contributed by atoms with Crippen LogP contribution in [0.4, 0.5) is 0 Å². The number of hydrogen-bond acceptors (Lipinski definition) is 12. The number of hydrogen-bond donors (Lipinski definition) is 0. The molecule has 0 aliphatic rings. The van der Waals surface area contributed by atoms with Crippen molar-refractivity contribution in [2.45, 2.75) is 0 Å². The van der Waals surface area contributed by atoms with E-state index in [0.29, 0.717) is 0 Å². The van der Waals surface area contributed by atoms with E-state index in [2.05, 4.69) is 0 Å². The normalized spacial score (nSPS) is 5.33. The van der Waals surface area contributed by atoms with Crippen LogP contribution >= 0.6 is 0 Å². The van der Waals surface area contributed by atoms with Gasteiger partial charge >= 0.3 is 33.0 Å². The number of nitrogens with zero attached hydrogens (tertiary/aromatic N) is 4. The summed E-state index contributed by atoms with van der Waals surface area (Å²) in [5.74, 6) is 0. The molecule has 18 heteroatoms. The van der Waals surface area contributed by atoms with Gasteiger partial charge in [0, 0.05) is 0 Å². The SMILES string of the molecule is O=[N+]([O-])[O-].O=[N+]([O-])[O-].O=[N+]([O-])[O-].O=[N+]([O-])[O-].[Ni+2].[Ni+2]. The molecule has 0 amide bonds. The molecule has 0 radical (unpaired) electrons. The van der Waals surface area contributed by atoms with E-state index in [9.17, 15) is 0 Å². The van der Waals surface area contributed by atoms with Gasteiger partial charge in [0.2, 0.25) is 0 Å². The van der Waals surface area contributed by atoms with Crippen molar-refractivity contribution in [3.8, 4) is 0 Å². The van der Waals surface area contributed by atoms with Crippen molar-refractivity contribution >= 4 is 0 Å². The summed E-state index contributed by atoms with van der Waals surface area (Å²) in [6.45, 7) is 0. The van der Waals surface area contributed by atoms with Crippen molar-refractivity contribution in [3.05, 3.63) is 61.3 Å². The minimum atomic E-state index is -1.75. The Morgan fingerprint density at radius 1 is 0.389 bits per heavy atom. The quantitative estimate of drug-likeness (QED) is 0.285. The van der Waals surface area contributed by atoms with E-state index in [0.717, 1.165) is 0 Å². The summed E-state index contributed by atoms with van der Waals surface area (Å²) in [4.78, 5) is 33.0. The Bertz CT molecular complexity index is 162. The van der Waals surface area contributed by atoms with Gasteiger partial charge in [0.15, 0.2) is 0 Å². The maximum atomic E-state index is 8.25. The summed E-state index contributed by atoms with van der Waals surface area (Å²) >= 11 is 0. The predicted octanol–water partition coefficient (Wildman–Crippen LogP) is -0.961. The molecule has 18 heavy (non-hydrogen) atoms. The minimum absolute atomic E-state index is 0. The van der Waals surface area contributed by atoms with E-state index in [1.54, 1.807) is 0 Å². The number of rotatable bonds is 0. The fourth-order valence-electron chi connectivity index (χ4n) is 0. The van der Waals surface area contributed by atoms with E-state index in [4.69, 9.17) is 61.3 Å². The van der Waals surface area contributed by atoms with Crippen molar-refractivity contribution in [1.29, 1.82) is 0 Å². The van der Waals surface area contributed by atoms with E-state index in [1.807, 2.05) is 0 Å². The van der Waals surface area contributed by atoms with Crippen LogP contribution in [0.1, 0.15) is 0 Å². The van der Waals surface area contributed by atoms with Gasteiger partial charge in [0.05, 0.1) is 20.3 Å².